The summed E-state index contributed by atoms with van der Waals surface area (Å²) in [5.41, 5.74) is -0.160. The average molecular weight is 381 g/mol. The number of hydrogen-bond acceptors (Lipinski definition) is 2. The maximum absolute atomic E-state index is 11.8. The van der Waals surface area contributed by atoms with E-state index in [0.717, 1.165) is 25.7 Å². The van der Waals surface area contributed by atoms with Crippen molar-refractivity contribution in [3.8, 4) is 0 Å². The molecule has 0 aliphatic heterocycles. The number of hydrogen-bond donors (Lipinski definition) is 0. The van der Waals surface area contributed by atoms with Gasteiger partial charge in [0.25, 0.3) is 0 Å². The van der Waals surface area contributed by atoms with Crippen LogP contribution in [0.15, 0.2) is 0 Å². The second-order valence-corrected chi connectivity index (χ2v) is 9.74. The van der Waals surface area contributed by atoms with Crippen molar-refractivity contribution < 1.29 is 9.59 Å². The quantitative estimate of drug-likeness (QED) is 0.225. The molecule has 0 amide bonds. The molecule has 0 saturated carbocycles. The van der Waals surface area contributed by atoms with Crippen LogP contribution in [0, 0.1) is 11.3 Å². The highest BCUT2D eigenvalue weighted by Crippen LogP contribution is 2.19. The first kappa shape index (κ1) is 26.3. The second kappa shape index (κ2) is 16.3. The van der Waals surface area contributed by atoms with E-state index in [2.05, 4.69) is 0 Å². The Hall–Kier alpha value is -0.660. The smallest absolute Gasteiger partial charge is 0.138 e. The molecule has 0 fully saturated rings. The maximum atomic E-state index is 11.8. The van der Waals surface area contributed by atoms with Gasteiger partial charge >= 0.3 is 0 Å². The normalized spacial score (nSPS) is 11.9. The molecule has 0 aliphatic rings. The Kier molecular flexibility index (Phi) is 15.9. The van der Waals surface area contributed by atoms with Crippen molar-refractivity contribution in [1.29, 1.82) is 0 Å². The Balaban J connectivity index is 3.19. The highest BCUT2D eigenvalue weighted by atomic mass is 16.1. The molecule has 2 heteroatoms. The summed E-state index contributed by atoms with van der Waals surface area (Å²) < 4.78 is 0. The number of unbranched alkanes of at least 4 members (excludes halogenated alkanes) is 13. The van der Waals surface area contributed by atoms with Crippen LogP contribution in [0.1, 0.15) is 137 Å². The average Bonchev–Trinajstić information content (AvgIpc) is 2.59. The highest BCUT2D eigenvalue weighted by Gasteiger charge is 2.19. The molecule has 0 saturated heterocycles. The predicted octanol–water partition coefficient (Wildman–Crippen LogP) is 8.07. The van der Waals surface area contributed by atoms with Crippen molar-refractivity contribution >= 4 is 11.6 Å². The predicted molar refractivity (Wildman–Crippen MR) is 118 cm³/mol. The van der Waals surface area contributed by atoms with Gasteiger partial charge in [-0.2, -0.15) is 0 Å². The van der Waals surface area contributed by atoms with Crippen molar-refractivity contribution in [2.24, 2.45) is 11.3 Å². The Morgan fingerprint density at radius 3 is 1.15 bits per heavy atom. The third kappa shape index (κ3) is 17.2. The van der Waals surface area contributed by atoms with Gasteiger partial charge in [0.2, 0.25) is 0 Å². The largest absolute Gasteiger partial charge is 0.299 e. The van der Waals surface area contributed by atoms with Crippen LogP contribution in [-0.4, -0.2) is 11.6 Å². The summed E-state index contributed by atoms with van der Waals surface area (Å²) in [6, 6.07) is 0. The molecule has 0 aromatic heterocycles. The van der Waals surface area contributed by atoms with Gasteiger partial charge in [-0.25, -0.2) is 0 Å². The van der Waals surface area contributed by atoms with Gasteiger partial charge < -0.3 is 0 Å². The van der Waals surface area contributed by atoms with Gasteiger partial charge in [-0.05, 0) is 12.8 Å². The molecule has 0 aromatic rings. The van der Waals surface area contributed by atoms with Gasteiger partial charge in [0.05, 0.1) is 0 Å². The number of rotatable bonds is 18. The molecule has 0 radical (unpaired) electrons. The zero-order valence-corrected chi connectivity index (χ0v) is 19.2. The Morgan fingerprint density at radius 2 is 0.852 bits per heavy atom. The van der Waals surface area contributed by atoms with Crippen molar-refractivity contribution in [2.45, 2.75) is 137 Å². The first-order valence-corrected chi connectivity index (χ1v) is 11.8. The van der Waals surface area contributed by atoms with Crippen LogP contribution >= 0.6 is 0 Å². The van der Waals surface area contributed by atoms with E-state index in [1.54, 1.807) is 0 Å². The molecular formula is C25H48O2. The van der Waals surface area contributed by atoms with E-state index in [-0.39, 0.29) is 11.3 Å². The Labute approximate surface area is 170 Å². The zero-order valence-electron chi connectivity index (χ0n) is 19.2. The van der Waals surface area contributed by atoms with Crippen LogP contribution in [0.25, 0.3) is 0 Å². The number of carbonyl (C=O) groups is 2. The van der Waals surface area contributed by atoms with Crippen LogP contribution in [0.5, 0.6) is 0 Å². The number of carbonyl (C=O) groups excluding carboxylic acids is 2. The summed E-state index contributed by atoms with van der Waals surface area (Å²) in [6.45, 7) is 10.1. The van der Waals surface area contributed by atoms with E-state index >= 15 is 0 Å². The minimum absolute atomic E-state index is 0.160. The van der Waals surface area contributed by atoms with Gasteiger partial charge in [0, 0.05) is 24.2 Å². The molecule has 0 aliphatic carbocycles. The fourth-order valence-electron chi connectivity index (χ4n) is 3.37. The summed E-state index contributed by atoms with van der Waals surface area (Å²) in [6.07, 6.45) is 19.6. The van der Waals surface area contributed by atoms with Gasteiger partial charge in [0.15, 0.2) is 0 Å². The maximum Gasteiger partial charge on any atom is 0.138 e. The molecular weight excluding hydrogens is 332 g/mol. The molecule has 160 valence electrons. The molecule has 0 unspecified atom stereocenters. The number of Topliss-reactive ketones (excluding diaryl/α,β-unsaturated/α-hetero) is 2. The summed E-state index contributed by atoms with van der Waals surface area (Å²) in [5, 5.41) is 0. The highest BCUT2D eigenvalue weighted by molar-refractivity contribution is 5.83. The lowest BCUT2D eigenvalue weighted by molar-refractivity contribution is -0.126. The van der Waals surface area contributed by atoms with E-state index in [1.807, 2.05) is 34.6 Å². The monoisotopic (exact) mass is 380 g/mol. The third-order valence-corrected chi connectivity index (χ3v) is 5.56. The topological polar surface area (TPSA) is 34.1 Å². The third-order valence-electron chi connectivity index (χ3n) is 5.56. The minimum atomic E-state index is -0.160. The summed E-state index contributed by atoms with van der Waals surface area (Å²) in [4.78, 5) is 23.4. The molecule has 0 bridgehead atoms. The molecule has 0 heterocycles. The van der Waals surface area contributed by atoms with E-state index in [9.17, 15) is 9.59 Å². The van der Waals surface area contributed by atoms with Crippen LogP contribution in [0.2, 0.25) is 0 Å². The van der Waals surface area contributed by atoms with Gasteiger partial charge in [0.1, 0.15) is 11.6 Å². The number of ketones is 2. The zero-order chi connectivity index (χ0) is 20.5. The standard InChI is InChI=1S/C25H48O2/c1-22(2)23(26)20-18-16-14-12-10-8-6-7-9-11-13-15-17-19-21-24(27)25(3,4)5/h22H,6-21H2,1-5H3. The van der Waals surface area contributed by atoms with E-state index in [1.165, 1.54) is 77.0 Å². The van der Waals surface area contributed by atoms with E-state index < -0.39 is 0 Å². The molecule has 0 N–H and O–H groups in total. The first-order valence-electron chi connectivity index (χ1n) is 11.8. The van der Waals surface area contributed by atoms with Gasteiger partial charge in [-0.15, -0.1) is 0 Å². The summed E-state index contributed by atoms with van der Waals surface area (Å²) in [5.74, 6) is 1.04. The summed E-state index contributed by atoms with van der Waals surface area (Å²) in [7, 11) is 0. The molecule has 27 heavy (non-hydrogen) atoms. The Bertz CT molecular complexity index is 376. The van der Waals surface area contributed by atoms with Crippen molar-refractivity contribution in [3.63, 3.8) is 0 Å². The van der Waals surface area contributed by atoms with Crippen molar-refractivity contribution in [2.75, 3.05) is 0 Å². The van der Waals surface area contributed by atoms with Gasteiger partial charge in [-0.1, -0.05) is 112 Å². The van der Waals surface area contributed by atoms with Crippen LogP contribution in [-0.2, 0) is 9.59 Å². The molecule has 0 atom stereocenters. The lowest BCUT2D eigenvalue weighted by atomic mass is 9.88. The second-order valence-electron chi connectivity index (χ2n) is 9.74. The van der Waals surface area contributed by atoms with E-state index in [0.29, 0.717) is 11.6 Å². The fourth-order valence-corrected chi connectivity index (χ4v) is 3.37. The first-order chi connectivity index (χ1) is 12.7. The lowest BCUT2D eigenvalue weighted by Gasteiger charge is -2.16. The van der Waals surface area contributed by atoms with Crippen LogP contribution in [0.3, 0.4) is 0 Å². The SMILES string of the molecule is CC(C)C(=O)CCCCCCCCCCCCCCCCC(=O)C(C)(C)C. The minimum Gasteiger partial charge on any atom is -0.299 e. The van der Waals surface area contributed by atoms with Crippen LogP contribution < -0.4 is 0 Å². The van der Waals surface area contributed by atoms with E-state index in [4.69, 9.17) is 0 Å². The Morgan fingerprint density at radius 1 is 0.556 bits per heavy atom. The van der Waals surface area contributed by atoms with Gasteiger partial charge in [-0.3, -0.25) is 9.59 Å². The lowest BCUT2D eigenvalue weighted by Crippen LogP contribution is -2.19. The molecule has 0 spiro atoms. The molecule has 2 nitrogen and oxygen atoms in total. The molecule has 0 aromatic carbocycles. The fraction of sp³-hybridized carbons (Fsp3) is 0.920. The van der Waals surface area contributed by atoms with Crippen molar-refractivity contribution in [1.82, 2.24) is 0 Å². The van der Waals surface area contributed by atoms with Crippen LogP contribution in [0.4, 0.5) is 0 Å². The summed E-state index contributed by atoms with van der Waals surface area (Å²) >= 11 is 0. The molecule has 0 rings (SSSR count). The van der Waals surface area contributed by atoms with Crippen molar-refractivity contribution in [3.05, 3.63) is 0 Å².